The van der Waals surface area contributed by atoms with E-state index in [4.69, 9.17) is 10.5 Å². The lowest BCUT2D eigenvalue weighted by atomic mass is 10.0. The molecule has 0 amide bonds. The molecule has 1 unspecified atom stereocenters. The molecule has 0 fully saturated rings. The lowest BCUT2D eigenvalue weighted by Gasteiger charge is -2.14. The van der Waals surface area contributed by atoms with Crippen molar-refractivity contribution in [1.29, 1.82) is 0 Å². The summed E-state index contributed by atoms with van der Waals surface area (Å²) in [5.41, 5.74) is 7.89. The third-order valence-corrected chi connectivity index (χ3v) is 3.25. The number of ether oxygens (including phenoxy) is 1. The van der Waals surface area contributed by atoms with Gasteiger partial charge in [0, 0.05) is 6.04 Å². The lowest BCUT2D eigenvalue weighted by molar-refractivity contribution is 0.469. The van der Waals surface area contributed by atoms with Crippen molar-refractivity contribution in [3.63, 3.8) is 0 Å². The molecular weight excluding hydrogens is 253 g/mol. The molecule has 20 heavy (non-hydrogen) atoms. The molecule has 0 bridgehead atoms. The summed E-state index contributed by atoms with van der Waals surface area (Å²) >= 11 is 0. The Kier molecular flexibility index (Phi) is 4.74. The molecule has 0 spiro atoms. The Morgan fingerprint density at radius 1 is 1.20 bits per heavy atom. The van der Waals surface area contributed by atoms with E-state index in [2.05, 4.69) is 0 Å². The minimum Gasteiger partial charge on any atom is -0.457 e. The summed E-state index contributed by atoms with van der Waals surface area (Å²) in [7, 11) is 0. The van der Waals surface area contributed by atoms with E-state index < -0.39 is 0 Å². The molecule has 0 saturated carbocycles. The fraction of sp³-hybridized carbons (Fsp3) is 0.294. The minimum absolute atomic E-state index is 0.0108. The second kappa shape index (κ2) is 6.53. The Balaban J connectivity index is 2.26. The number of aryl methyl sites for hydroxylation is 1. The van der Waals surface area contributed by atoms with Crippen LogP contribution in [0.1, 0.15) is 24.5 Å². The van der Waals surface area contributed by atoms with Crippen LogP contribution in [0.4, 0.5) is 4.39 Å². The Bertz CT molecular complexity index is 583. The Hall–Kier alpha value is -1.87. The van der Waals surface area contributed by atoms with Gasteiger partial charge in [-0.05, 0) is 61.2 Å². The van der Waals surface area contributed by atoms with Crippen molar-refractivity contribution in [3.8, 4) is 11.5 Å². The van der Waals surface area contributed by atoms with Gasteiger partial charge in [0.25, 0.3) is 0 Å². The summed E-state index contributed by atoms with van der Waals surface area (Å²) in [6.45, 7) is 4.02. The smallest absolute Gasteiger partial charge is 0.130 e. The van der Waals surface area contributed by atoms with Crippen molar-refractivity contribution in [2.45, 2.75) is 32.7 Å². The highest BCUT2D eigenvalue weighted by molar-refractivity contribution is 5.39. The lowest BCUT2D eigenvalue weighted by Crippen LogP contribution is -2.21. The molecule has 2 aromatic rings. The normalized spacial score (nSPS) is 12.2. The van der Waals surface area contributed by atoms with Crippen LogP contribution in [0, 0.1) is 12.7 Å². The van der Waals surface area contributed by atoms with Crippen molar-refractivity contribution < 1.29 is 9.13 Å². The molecule has 0 saturated heterocycles. The maximum absolute atomic E-state index is 13.4. The largest absolute Gasteiger partial charge is 0.457 e. The van der Waals surface area contributed by atoms with Crippen LogP contribution in [-0.4, -0.2) is 6.04 Å². The summed E-state index contributed by atoms with van der Waals surface area (Å²) < 4.78 is 19.3. The zero-order valence-electron chi connectivity index (χ0n) is 11.9. The van der Waals surface area contributed by atoms with E-state index in [0.29, 0.717) is 12.2 Å². The first-order chi connectivity index (χ1) is 9.58. The van der Waals surface area contributed by atoms with E-state index in [-0.39, 0.29) is 11.9 Å². The van der Waals surface area contributed by atoms with Crippen molar-refractivity contribution in [2.24, 2.45) is 5.73 Å². The number of nitrogens with two attached hydrogens (primary N) is 1. The molecule has 0 radical (unpaired) electrons. The predicted octanol–water partition coefficient (Wildman–Crippen LogP) is 4.21. The third-order valence-electron chi connectivity index (χ3n) is 3.25. The number of rotatable bonds is 5. The van der Waals surface area contributed by atoms with Crippen molar-refractivity contribution >= 4 is 0 Å². The van der Waals surface area contributed by atoms with Crippen LogP contribution in [0.5, 0.6) is 11.5 Å². The van der Waals surface area contributed by atoms with Gasteiger partial charge in [-0.25, -0.2) is 4.39 Å². The van der Waals surface area contributed by atoms with Gasteiger partial charge in [0.05, 0.1) is 0 Å². The molecule has 3 heteroatoms. The second-order valence-corrected chi connectivity index (χ2v) is 5.04. The van der Waals surface area contributed by atoms with E-state index in [0.717, 1.165) is 23.3 Å². The monoisotopic (exact) mass is 273 g/mol. The maximum Gasteiger partial charge on any atom is 0.130 e. The van der Waals surface area contributed by atoms with E-state index in [1.165, 1.54) is 12.1 Å². The second-order valence-electron chi connectivity index (χ2n) is 5.04. The summed E-state index contributed by atoms with van der Waals surface area (Å²) in [6.07, 6.45) is 1.45. The van der Waals surface area contributed by atoms with Gasteiger partial charge in [0.2, 0.25) is 0 Å². The quantitative estimate of drug-likeness (QED) is 0.885. The summed E-state index contributed by atoms with van der Waals surface area (Å²) in [5, 5.41) is 0. The van der Waals surface area contributed by atoms with Gasteiger partial charge >= 0.3 is 0 Å². The topological polar surface area (TPSA) is 35.2 Å². The Labute approximate surface area is 119 Å². The summed E-state index contributed by atoms with van der Waals surface area (Å²) in [5.74, 6) is 1.16. The molecular formula is C17H20FNO. The first kappa shape index (κ1) is 14.5. The SMILES string of the molecule is CCC(N)Cc1cc(F)ccc1Oc1cccc(C)c1. The van der Waals surface area contributed by atoms with Gasteiger partial charge in [-0.1, -0.05) is 19.1 Å². The maximum atomic E-state index is 13.4. The van der Waals surface area contributed by atoms with Crippen LogP contribution in [-0.2, 0) is 6.42 Å². The average Bonchev–Trinajstić information content (AvgIpc) is 2.42. The molecule has 2 nitrogen and oxygen atoms in total. The number of hydrogen-bond donors (Lipinski definition) is 1. The molecule has 2 aromatic carbocycles. The van der Waals surface area contributed by atoms with Crippen LogP contribution in [0.3, 0.4) is 0 Å². The van der Waals surface area contributed by atoms with E-state index >= 15 is 0 Å². The highest BCUT2D eigenvalue weighted by Crippen LogP contribution is 2.27. The fourth-order valence-electron chi connectivity index (χ4n) is 2.04. The van der Waals surface area contributed by atoms with Crippen molar-refractivity contribution in [1.82, 2.24) is 0 Å². The zero-order chi connectivity index (χ0) is 14.5. The third kappa shape index (κ3) is 3.81. The van der Waals surface area contributed by atoms with Gasteiger partial charge in [-0.3, -0.25) is 0 Å². The molecule has 0 aliphatic rings. The molecule has 1 atom stereocenters. The highest BCUT2D eigenvalue weighted by Gasteiger charge is 2.10. The first-order valence-corrected chi connectivity index (χ1v) is 6.87. The molecule has 0 aliphatic heterocycles. The van der Waals surface area contributed by atoms with Gasteiger partial charge < -0.3 is 10.5 Å². The summed E-state index contributed by atoms with van der Waals surface area (Å²) in [6, 6.07) is 12.4. The van der Waals surface area contributed by atoms with Gasteiger partial charge in [-0.2, -0.15) is 0 Å². The highest BCUT2D eigenvalue weighted by atomic mass is 19.1. The minimum atomic E-state index is -0.264. The van der Waals surface area contributed by atoms with Gasteiger partial charge in [0.15, 0.2) is 0 Å². The number of hydrogen-bond acceptors (Lipinski definition) is 2. The van der Waals surface area contributed by atoms with Crippen molar-refractivity contribution in [2.75, 3.05) is 0 Å². The van der Waals surface area contributed by atoms with Crippen LogP contribution < -0.4 is 10.5 Å². The first-order valence-electron chi connectivity index (χ1n) is 6.87. The van der Waals surface area contributed by atoms with Gasteiger partial charge in [0.1, 0.15) is 17.3 Å². The number of benzene rings is 2. The molecule has 0 heterocycles. The Morgan fingerprint density at radius 3 is 2.70 bits per heavy atom. The summed E-state index contributed by atoms with van der Waals surface area (Å²) in [4.78, 5) is 0. The molecule has 0 aliphatic carbocycles. The molecule has 2 N–H and O–H groups in total. The average molecular weight is 273 g/mol. The van der Waals surface area contributed by atoms with Gasteiger partial charge in [-0.15, -0.1) is 0 Å². The molecule has 106 valence electrons. The fourth-order valence-corrected chi connectivity index (χ4v) is 2.04. The van der Waals surface area contributed by atoms with Crippen LogP contribution in [0.2, 0.25) is 0 Å². The predicted molar refractivity (Wildman–Crippen MR) is 79.6 cm³/mol. The number of halogens is 1. The molecule has 2 rings (SSSR count). The van der Waals surface area contributed by atoms with E-state index in [1.807, 2.05) is 38.1 Å². The standard InChI is InChI=1S/C17H20FNO/c1-3-15(19)11-13-10-14(18)7-8-17(13)20-16-6-4-5-12(2)9-16/h4-10,15H,3,11,19H2,1-2H3. The van der Waals surface area contributed by atoms with E-state index in [1.54, 1.807) is 6.07 Å². The van der Waals surface area contributed by atoms with Crippen molar-refractivity contribution in [3.05, 3.63) is 59.4 Å². The van der Waals surface area contributed by atoms with Crippen LogP contribution in [0.15, 0.2) is 42.5 Å². The molecule has 0 aromatic heterocycles. The van der Waals surface area contributed by atoms with Crippen LogP contribution in [0.25, 0.3) is 0 Å². The zero-order valence-corrected chi connectivity index (χ0v) is 11.9. The Morgan fingerprint density at radius 2 is 2.00 bits per heavy atom. The van der Waals surface area contributed by atoms with Crippen LogP contribution >= 0.6 is 0 Å². The van der Waals surface area contributed by atoms with E-state index in [9.17, 15) is 4.39 Å².